The molecule has 1 amide bonds. The van der Waals surface area contributed by atoms with Crippen LogP contribution in [-0.4, -0.2) is 21.6 Å². The first kappa shape index (κ1) is 15.1. The van der Waals surface area contributed by atoms with Crippen LogP contribution < -0.4 is 5.32 Å². The van der Waals surface area contributed by atoms with Crippen LogP contribution in [0.1, 0.15) is 23.4 Å². The van der Waals surface area contributed by atoms with Crippen LogP contribution in [-0.2, 0) is 17.6 Å². The van der Waals surface area contributed by atoms with Crippen LogP contribution in [0.5, 0.6) is 0 Å². The van der Waals surface area contributed by atoms with E-state index in [1.807, 2.05) is 18.2 Å². The fraction of sp³-hybridized carbons (Fsp3) is 0.312. The highest BCUT2D eigenvalue weighted by Crippen LogP contribution is 2.31. The van der Waals surface area contributed by atoms with E-state index in [9.17, 15) is 4.79 Å². The second-order valence-electron chi connectivity index (χ2n) is 5.38. The molecule has 0 spiro atoms. The number of rotatable bonds is 4. The number of thiazole rings is 2. The van der Waals surface area contributed by atoms with E-state index in [0.717, 1.165) is 32.5 Å². The van der Waals surface area contributed by atoms with Gasteiger partial charge in [-0.05, 0) is 37.8 Å². The summed E-state index contributed by atoms with van der Waals surface area (Å²) in [5, 5.41) is 3.67. The molecule has 0 saturated carbocycles. The Morgan fingerprint density at radius 1 is 1.17 bits per heavy atom. The van der Waals surface area contributed by atoms with E-state index in [1.54, 1.807) is 22.7 Å². The minimum Gasteiger partial charge on any atom is -0.301 e. The number of thioether (sulfide) groups is 1. The number of nitrogens with one attached hydrogen (secondary N) is 1. The number of anilines is 1. The Labute approximate surface area is 146 Å². The molecule has 3 aromatic rings. The minimum absolute atomic E-state index is 0.0136. The van der Waals surface area contributed by atoms with Crippen LogP contribution in [0.15, 0.2) is 28.6 Å². The highest BCUT2D eigenvalue weighted by molar-refractivity contribution is 8.01. The van der Waals surface area contributed by atoms with E-state index >= 15 is 0 Å². The van der Waals surface area contributed by atoms with Crippen molar-refractivity contribution in [3.63, 3.8) is 0 Å². The quantitative estimate of drug-likeness (QED) is 0.702. The largest absolute Gasteiger partial charge is 0.301 e. The number of para-hydroxylation sites is 1. The summed E-state index contributed by atoms with van der Waals surface area (Å²) in [6.07, 6.45) is 4.58. The summed E-state index contributed by atoms with van der Waals surface area (Å²) in [7, 11) is 0. The molecule has 0 atom stereocenters. The fourth-order valence-electron chi connectivity index (χ4n) is 2.60. The molecule has 2 aromatic heterocycles. The molecule has 0 bridgehead atoms. The van der Waals surface area contributed by atoms with Crippen molar-refractivity contribution >= 4 is 55.7 Å². The van der Waals surface area contributed by atoms with Crippen molar-refractivity contribution in [3.05, 3.63) is 34.8 Å². The molecule has 4 nitrogen and oxygen atoms in total. The van der Waals surface area contributed by atoms with Gasteiger partial charge in [0, 0.05) is 4.88 Å². The van der Waals surface area contributed by atoms with Crippen molar-refractivity contribution in [2.75, 3.05) is 11.1 Å². The smallest absolute Gasteiger partial charge is 0.236 e. The fourth-order valence-corrected chi connectivity index (χ4v) is 5.54. The zero-order chi connectivity index (χ0) is 15.6. The third-order valence-corrected chi connectivity index (χ3v) is 6.95. The molecule has 0 radical (unpaired) electrons. The molecule has 0 saturated heterocycles. The third kappa shape index (κ3) is 3.41. The maximum atomic E-state index is 12.1. The van der Waals surface area contributed by atoms with Crippen molar-refractivity contribution in [1.29, 1.82) is 0 Å². The molecule has 0 unspecified atom stereocenters. The Bertz CT molecular complexity index is 799. The van der Waals surface area contributed by atoms with E-state index < -0.39 is 0 Å². The topological polar surface area (TPSA) is 54.9 Å². The Kier molecular flexibility index (Phi) is 4.33. The molecule has 1 aromatic carbocycles. The van der Waals surface area contributed by atoms with E-state index in [-0.39, 0.29) is 5.91 Å². The zero-order valence-electron chi connectivity index (χ0n) is 12.4. The molecule has 118 valence electrons. The van der Waals surface area contributed by atoms with Gasteiger partial charge in [-0.1, -0.05) is 23.9 Å². The van der Waals surface area contributed by atoms with Gasteiger partial charge in [0.05, 0.1) is 21.7 Å². The van der Waals surface area contributed by atoms with Gasteiger partial charge in [-0.2, -0.15) is 0 Å². The van der Waals surface area contributed by atoms with Crippen LogP contribution in [0.25, 0.3) is 10.2 Å². The molecule has 1 N–H and O–H groups in total. The van der Waals surface area contributed by atoms with Crippen LogP contribution in [0.3, 0.4) is 0 Å². The SMILES string of the molecule is O=C(CSc1nc2ccccc2s1)Nc1nc2c(s1)CCCC2. The second-order valence-corrected chi connectivity index (χ2v) is 8.72. The Morgan fingerprint density at radius 2 is 2.04 bits per heavy atom. The van der Waals surface area contributed by atoms with Gasteiger partial charge in [0.25, 0.3) is 0 Å². The number of amides is 1. The van der Waals surface area contributed by atoms with Crippen LogP contribution in [0, 0.1) is 0 Å². The third-order valence-electron chi connectivity index (χ3n) is 3.69. The average molecular weight is 362 g/mol. The van der Waals surface area contributed by atoms with Crippen molar-refractivity contribution < 1.29 is 4.79 Å². The molecular weight excluding hydrogens is 346 g/mol. The van der Waals surface area contributed by atoms with Crippen LogP contribution in [0.2, 0.25) is 0 Å². The van der Waals surface area contributed by atoms with Crippen molar-refractivity contribution in [2.45, 2.75) is 30.0 Å². The summed E-state index contributed by atoms with van der Waals surface area (Å²) in [5.74, 6) is 0.352. The number of benzene rings is 1. The maximum Gasteiger partial charge on any atom is 0.236 e. The number of aromatic nitrogens is 2. The van der Waals surface area contributed by atoms with E-state index in [2.05, 4.69) is 21.4 Å². The van der Waals surface area contributed by atoms with Crippen LogP contribution in [0.4, 0.5) is 5.13 Å². The number of carbonyl (C=O) groups is 1. The first-order valence-corrected chi connectivity index (χ1v) is 10.2. The average Bonchev–Trinajstić information content (AvgIpc) is 3.15. The second kappa shape index (κ2) is 6.59. The predicted octanol–water partition coefficient (Wildman–Crippen LogP) is 4.36. The van der Waals surface area contributed by atoms with Crippen molar-refractivity contribution in [3.8, 4) is 0 Å². The van der Waals surface area contributed by atoms with Gasteiger partial charge in [0.1, 0.15) is 0 Å². The molecule has 0 aliphatic heterocycles. The minimum atomic E-state index is -0.0136. The zero-order valence-corrected chi connectivity index (χ0v) is 14.8. The van der Waals surface area contributed by atoms with Gasteiger partial charge in [0.15, 0.2) is 9.47 Å². The van der Waals surface area contributed by atoms with E-state index in [4.69, 9.17) is 0 Å². The highest BCUT2D eigenvalue weighted by Gasteiger charge is 2.16. The molecule has 1 aliphatic rings. The summed E-state index contributed by atoms with van der Waals surface area (Å²) < 4.78 is 2.09. The monoisotopic (exact) mass is 361 g/mol. The highest BCUT2D eigenvalue weighted by atomic mass is 32.2. The molecule has 4 rings (SSSR count). The summed E-state index contributed by atoms with van der Waals surface area (Å²) in [6.45, 7) is 0. The summed E-state index contributed by atoms with van der Waals surface area (Å²) in [4.78, 5) is 22.5. The predicted molar refractivity (Wildman–Crippen MR) is 97.7 cm³/mol. The maximum absolute atomic E-state index is 12.1. The standard InChI is InChI=1S/C16H15N3OS3/c20-14(19-15-17-10-5-1-3-7-12(10)22-15)9-21-16-18-11-6-2-4-8-13(11)23-16/h2,4,6,8H,1,3,5,7,9H2,(H,17,19,20). The summed E-state index contributed by atoms with van der Waals surface area (Å²) in [5.41, 5.74) is 2.17. The van der Waals surface area contributed by atoms with Gasteiger partial charge in [-0.25, -0.2) is 9.97 Å². The summed E-state index contributed by atoms with van der Waals surface area (Å²) in [6, 6.07) is 8.03. The lowest BCUT2D eigenvalue weighted by molar-refractivity contribution is -0.113. The molecule has 7 heteroatoms. The van der Waals surface area contributed by atoms with Gasteiger partial charge in [-0.3, -0.25) is 4.79 Å². The first-order valence-electron chi connectivity index (χ1n) is 7.55. The lowest BCUT2D eigenvalue weighted by Crippen LogP contribution is -2.13. The van der Waals surface area contributed by atoms with Crippen molar-refractivity contribution in [1.82, 2.24) is 9.97 Å². The van der Waals surface area contributed by atoms with Crippen LogP contribution >= 0.6 is 34.4 Å². The van der Waals surface area contributed by atoms with Crippen molar-refractivity contribution in [2.24, 2.45) is 0 Å². The van der Waals surface area contributed by atoms with Gasteiger partial charge in [-0.15, -0.1) is 22.7 Å². The molecule has 0 fully saturated rings. The molecule has 2 heterocycles. The van der Waals surface area contributed by atoms with E-state index in [1.165, 1.54) is 35.2 Å². The Balaban J connectivity index is 1.37. The normalized spacial score (nSPS) is 13.9. The van der Waals surface area contributed by atoms with Gasteiger partial charge >= 0.3 is 0 Å². The summed E-state index contributed by atoms with van der Waals surface area (Å²) >= 11 is 4.73. The van der Waals surface area contributed by atoms with Gasteiger partial charge in [0.2, 0.25) is 5.91 Å². The van der Waals surface area contributed by atoms with E-state index in [0.29, 0.717) is 5.75 Å². The Hall–Kier alpha value is -1.44. The van der Waals surface area contributed by atoms with Gasteiger partial charge < -0.3 is 5.32 Å². The first-order chi connectivity index (χ1) is 11.3. The number of aryl methyl sites for hydroxylation is 2. The molecule has 1 aliphatic carbocycles. The molecule has 23 heavy (non-hydrogen) atoms. The number of nitrogens with zero attached hydrogens (tertiary/aromatic N) is 2. The number of hydrogen-bond donors (Lipinski definition) is 1. The Morgan fingerprint density at radius 3 is 2.91 bits per heavy atom. The lowest BCUT2D eigenvalue weighted by atomic mass is 10.0. The molecular formula is C16H15N3OS3. The number of fused-ring (bicyclic) bond motifs is 2. The number of carbonyl (C=O) groups excluding carboxylic acids is 1. The number of hydrogen-bond acceptors (Lipinski definition) is 6. The lowest BCUT2D eigenvalue weighted by Gasteiger charge is -2.06.